The van der Waals surface area contributed by atoms with E-state index >= 15 is 0 Å². The van der Waals surface area contributed by atoms with E-state index in [0.29, 0.717) is 10.8 Å². The number of piperazine rings is 1. The Morgan fingerprint density at radius 3 is 2.55 bits per heavy atom. The zero-order valence-electron chi connectivity index (χ0n) is 17.6. The summed E-state index contributed by atoms with van der Waals surface area (Å²) >= 11 is 6.10. The second kappa shape index (κ2) is 9.23. The predicted molar refractivity (Wildman–Crippen MR) is 119 cm³/mol. The smallest absolute Gasteiger partial charge is 0.292 e. The number of rotatable bonds is 5. The number of ether oxygens (including phenoxy) is 1. The molecule has 2 aromatic carbocycles. The van der Waals surface area contributed by atoms with Gasteiger partial charge in [-0.2, -0.15) is 9.57 Å². The van der Waals surface area contributed by atoms with Crippen molar-refractivity contribution in [1.82, 2.24) is 14.4 Å². The van der Waals surface area contributed by atoms with Crippen LogP contribution in [0.4, 0.5) is 0 Å². The number of benzene rings is 2. The molecule has 0 bridgehead atoms. The van der Waals surface area contributed by atoms with Crippen molar-refractivity contribution < 1.29 is 22.5 Å². The summed E-state index contributed by atoms with van der Waals surface area (Å²) in [6, 6.07) is 12.7. The molecule has 0 aliphatic carbocycles. The number of aryl methyl sites for hydroxylation is 1. The van der Waals surface area contributed by atoms with Crippen LogP contribution in [-0.2, 0) is 10.0 Å². The van der Waals surface area contributed by atoms with E-state index in [1.165, 1.54) is 39.7 Å². The molecule has 2 heterocycles. The molecule has 0 atom stereocenters. The first-order valence-electron chi connectivity index (χ1n) is 9.97. The standard InChI is InChI=1S/C22H19ClN4O5S/c1-15-10-17(23)13-18(11-15)31-19-3-2-16(14-24)12-21(19)33(29,30)27-8-6-26(7-9-27)22(28)20-4-5-25-32-20/h2-5,10-13H,6-9H2,1H3. The van der Waals surface area contributed by atoms with E-state index in [9.17, 15) is 18.5 Å². The van der Waals surface area contributed by atoms with E-state index in [1.54, 1.807) is 18.2 Å². The lowest BCUT2D eigenvalue weighted by molar-refractivity contribution is 0.0656. The van der Waals surface area contributed by atoms with Crippen molar-refractivity contribution in [2.75, 3.05) is 26.2 Å². The highest BCUT2D eigenvalue weighted by Gasteiger charge is 2.33. The van der Waals surface area contributed by atoms with Crippen molar-refractivity contribution in [3.8, 4) is 17.6 Å². The molecule has 0 N–H and O–H groups in total. The molecule has 1 amide bonds. The van der Waals surface area contributed by atoms with Crippen LogP contribution in [-0.4, -0.2) is 54.9 Å². The predicted octanol–water partition coefficient (Wildman–Crippen LogP) is 3.45. The number of nitriles is 1. The minimum atomic E-state index is -4.02. The fraction of sp³-hybridized carbons (Fsp3) is 0.227. The number of amides is 1. The quantitative estimate of drug-likeness (QED) is 0.542. The van der Waals surface area contributed by atoms with Crippen LogP contribution < -0.4 is 4.74 Å². The molecule has 1 saturated heterocycles. The highest BCUT2D eigenvalue weighted by atomic mass is 35.5. The molecule has 1 aliphatic rings. The number of nitrogens with zero attached hydrogens (tertiary/aromatic N) is 4. The number of hydrogen-bond donors (Lipinski definition) is 0. The Morgan fingerprint density at radius 1 is 1.15 bits per heavy atom. The molecule has 0 saturated carbocycles. The zero-order valence-corrected chi connectivity index (χ0v) is 19.1. The molecule has 0 unspecified atom stereocenters. The van der Waals surface area contributed by atoms with Crippen molar-refractivity contribution >= 4 is 27.5 Å². The number of halogens is 1. The van der Waals surface area contributed by atoms with E-state index in [4.69, 9.17) is 20.9 Å². The topological polar surface area (TPSA) is 117 Å². The van der Waals surface area contributed by atoms with Gasteiger partial charge in [0.25, 0.3) is 5.91 Å². The van der Waals surface area contributed by atoms with Gasteiger partial charge >= 0.3 is 0 Å². The Balaban J connectivity index is 1.59. The number of hydrogen-bond acceptors (Lipinski definition) is 7. The van der Waals surface area contributed by atoms with Crippen LogP contribution in [0.1, 0.15) is 21.7 Å². The molecule has 33 heavy (non-hydrogen) atoms. The molecule has 1 aliphatic heterocycles. The van der Waals surface area contributed by atoms with E-state index < -0.39 is 10.0 Å². The van der Waals surface area contributed by atoms with Crippen LogP contribution >= 0.6 is 11.6 Å². The molecular weight excluding hydrogens is 468 g/mol. The van der Waals surface area contributed by atoms with Gasteiger partial charge in [0.05, 0.1) is 17.8 Å². The molecule has 0 radical (unpaired) electrons. The van der Waals surface area contributed by atoms with Crippen LogP contribution in [0, 0.1) is 18.3 Å². The Bertz CT molecular complexity index is 1310. The van der Waals surface area contributed by atoms with Crippen LogP contribution in [0.25, 0.3) is 0 Å². The third kappa shape index (κ3) is 4.85. The molecule has 1 aromatic heterocycles. The van der Waals surface area contributed by atoms with Crippen LogP contribution in [0.15, 0.2) is 58.1 Å². The summed E-state index contributed by atoms with van der Waals surface area (Å²) < 4.78 is 39.0. The number of carbonyl (C=O) groups is 1. The second-order valence-electron chi connectivity index (χ2n) is 7.41. The van der Waals surface area contributed by atoms with Crippen molar-refractivity contribution in [3.05, 3.63) is 70.6 Å². The summed E-state index contributed by atoms with van der Waals surface area (Å²) in [6.07, 6.45) is 1.37. The highest BCUT2D eigenvalue weighted by Crippen LogP contribution is 2.33. The molecule has 1 fully saturated rings. The summed E-state index contributed by atoms with van der Waals surface area (Å²) in [5, 5.41) is 13.3. The summed E-state index contributed by atoms with van der Waals surface area (Å²) in [5.41, 5.74) is 1.03. The van der Waals surface area contributed by atoms with Gasteiger partial charge in [-0.1, -0.05) is 16.8 Å². The van der Waals surface area contributed by atoms with Crippen molar-refractivity contribution in [3.63, 3.8) is 0 Å². The average molecular weight is 487 g/mol. The Morgan fingerprint density at radius 2 is 1.91 bits per heavy atom. The third-order valence-corrected chi connectivity index (χ3v) is 7.25. The monoisotopic (exact) mass is 486 g/mol. The molecule has 3 aromatic rings. The molecule has 11 heteroatoms. The van der Waals surface area contributed by atoms with Gasteiger partial charge in [0.1, 0.15) is 16.4 Å². The van der Waals surface area contributed by atoms with E-state index in [0.717, 1.165) is 5.56 Å². The highest BCUT2D eigenvalue weighted by molar-refractivity contribution is 7.89. The van der Waals surface area contributed by atoms with E-state index in [2.05, 4.69) is 5.16 Å². The normalized spacial score (nSPS) is 14.6. The number of sulfonamides is 1. The Labute approximate surface area is 195 Å². The maximum Gasteiger partial charge on any atom is 0.292 e. The molecule has 9 nitrogen and oxygen atoms in total. The van der Waals surface area contributed by atoms with Crippen LogP contribution in [0.3, 0.4) is 0 Å². The molecular formula is C22H19ClN4O5S. The lowest BCUT2D eigenvalue weighted by Gasteiger charge is -2.33. The van der Waals surface area contributed by atoms with E-state index in [1.807, 2.05) is 13.0 Å². The van der Waals surface area contributed by atoms with Crippen LogP contribution in [0.2, 0.25) is 5.02 Å². The fourth-order valence-electron chi connectivity index (χ4n) is 3.50. The largest absolute Gasteiger partial charge is 0.456 e. The van der Waals surface area contributed by atoms with Crippen LogP contribution in [0.5, 0.6) is 11.5 Å². The summed E-state index contributed by atoms with van der Waals surface area (Å²) in [5.74, 6) is 0.205. The first-order valence-corrected chi connectivity index (χ1v) is 11.8. The maximum atomic E-state index is 13.5. The first kappa shape index (κ1) is 22.8. The maximum absolute atomic E-state index is 13.5. The van der Waals surface area contributed by atoms with E-state index in [-0.39, 0.29) is 54.1 Å². The molecule has 0 spiro atoms. The first-order chi connectivity index (χ1) is 15.8. The van der Waals surface area contributed by atoms with Crippen molar-refractivity contribution in [2.24, 2.45) is 0 Å². The Kier molecular flexibility index (Phi) is 6.37. The summed E-state index contributed by atoms with van der Waals surface area (Å²) in [7, 11) is -4.02. The lowest BCUT2D eigenvalue weighted by atomic mass is 10.2. The lowest BCUT2D eigenvalue weighted by Crippen LogP contribution is -2.50. The van der Waals surface area contributed by atoms with Gasteiger partial charge in [0, 0.05) is 37.3 Å². The Hall–Kier alpha value is -3.39. The molecule has 170 valence electrons. The van der Waals surface area contributed by atoms with Gasteiger partial charge in [-0.3, -0.25) is 4.79 Å². The number of aromatic nitrogens is 1. The fourth-order valence-corrected chi connectivity index (χ4v) is 5.35. The number of carbonyl (C=O) groups excluding carboxylic acids is 1. The van der Waals surface area contributed by atoms with Gasteiger partial charge in [-0.25, -0.2) is 8.42 Å². The summed E-state index contributed by atoms with van der Waals surface area (Å²) in [4.78, 5) is 13.8. The second-order valence-corrected chi connectivity index (χ2v) is 9.76. The minimum absolute atomic E-state index is 0.0781. The van der Waals surface area contributed by atoms with Gasteiger partial charge in [0.15, 0.2) is 0 Å². The van der Waals surface area contributed by atoms with Gasteiger partial charge in [-0.15, -0.1) is 0 Å². The van der Waals surface area contributed by atoms with Gasteiger partial charge in [-0.05, 0) is 48.9 Å². The SMILES string of the molecule is Cc1cc(Cl)cc(Oc2ccc(C#N)cc2S(=O)(=O)N2CCN(C(=O)c3ccno3)CC2)c1. The minimum Gasteiger partial charge on any atom is -0.456 e. The summed E-state index contributed by atoms with van der Waals surface area (Å²) in [6.45, 7) is 2.36. The third-order valence-electron chi connectivity index (χ3n) is 5.11. The average Bonchev–Trinajstić information content (AvgIpc) is 3.33. The zero-order chi connectivity index (χ0) is 23.6. The van der Waals surface area contributed by atoms with Crippen molar-refractivity contribution in [2.45, 2.75) is 11.8 Å². The van der Waals surface area contributed by atoms with Crippen molar-refractivity contribution in [1.29, 1.82) is 5.26 Å². The van der Waals surface area contributed by atoms with Gasteiger partial charge in [0.2, 0.25) is 15.8 Å². The van der Waals surface area contributed by atoms with Gasteiger partial charge < -0.3 is 14.2 Å². The molecule has 4 rings (SSSR count).